The lowest BCUT2D eigenvalue weighted by Gasteiger charge is -2.43. The first kappa shape index (κ1) is 28.1. The Kier molecular flexibility index (Phi) is 8.76. The summed E-state index contributed by atoms with van der Waals surface area (Å²) in [5.41, 5.74) is -0.773. The van der Waals surface area contributed by atoms with Gasteiger partial charge in [-0.25, -0.2) is 18.8 Å². The summed E-state index contributed by atoms with van der Waals surface area (Å²) in [5, 5.41) is 0. The number of rotatable bonds is 3. The van der Waals surface area contributed by atoms with Crippen LogP contribution >= 0.6 is 24.8 Å². The van der Waals surface area contributed by atoms with Crippen molar-refractivity contribution in [3.8, 4) is 0 Å². The number of likely N-dealkylation sites (N-methyl/N-ethyl adjacent to an activating group) is 1. The third kappa shape index (κ3) is 5.72. The lowest BCUT2D eigenvalue weighted by Crippen LogP contribution is -2.58. The van der Waals surface area contributed by atoms with Crippen molar-refractivity contribution in [2.45, 2.75) is 24.7 Å². The fraction of sp³-hybridized carbons (Fsp3) is 0.550. The Balaban J connectivity index is 0.00000204. The van der Waals surface area contributed by atoms with Gasteiger partial charge in [-0.05, 0) is 18.2 Å². The number of halogens is 7. The van der Waals surface area contributed by atoms with Crippen molar-refractivity contribution in [3.63, 3.8) is 0 Å². The van der Waals surface area contributed by atoms with Gasteiger partial charge in [0.1, 0.15) is 12.0 Å². The minimum Gasteiger partial charge on any atom is -0.354 e. The van der Waals surface area contributed by atoms with Crippen LogP contribution in [-0.2, 0) is 11.0 Å². The second-order valence-electron chi connectivity index (χ2n) is 8.05. The number of hydrogen-bond donors (Lipinski definition) is 0. The van der Waals surface area contributed by atoms with E-state index in [0.717, 1.165) is 11.0 Å². The van der Waals surface area contributed by atoms with Crippen molar-refractivity contribution in [2.24, 2.45) is 4.99 Å². The first-order valence-corrected chi connectivity index (χ1v) is 10.2. The summed E-state index contributed by atoms with van der Waals surface area (Å²) in [6.45, 7) is 0.829. The molecular weight excluding hydrogens is 506 g/mol. The summed E-state index contributed by atoms with van der Waals surface area (Å²) < 4.78 is 67.0. The molecule has 0 N–H and O–H groups in total. The second kappa shape index (κ2) is 10.6. The van der Waals surface area contributed by atoms with Crippen molar-refractivity contribution in [3.05, 3.63) is 36.2 Å². The quantitative estimate of drug-likeness (QED) is 0.562. The van der Waals surface area contributed by atoms with Gasteiger partial charge in [0.25, 0.3) is 11.8 Å². The van der Waals surface area contributed by atoms with Crippen molar-refractivity contribution in [1.82, 2.24) is 19.7 Å². The Morgan fingerprint density at radius 1 is 1.12 bits per heavy atom. The van der Waals surface area contributed by atoms with E-state index < -0.39 is 30.1 Å². The highest BCUT2D eigenvalue weighted by molar-refractivity contribution is 6.38. The van der Waals surface area contributed by atoms with E-state index in [-0.39, 0.29) is 55.6 Å². The number of carbonyl (C=O) groups excluding carboxylic acids is 1. The predicted molar refractivity (Wildman–Crippen MR) is 122 cm³/mol. The number of amides is 1. The van der Waals surface area contributed by atoms with Crippen LogP contribution in [0, 0.1) is 0 Å². The van der Waals surface area contributed by atoms with Gasteiger partial charge in [0.15, 0.2) is 5.84 Å². The average molecular weight is 531 g/mol. The molecule has 0 spiro atoms. The van der Waals surface area contributed by atoms with Crippen LogP contribution in [-0.4, -0.2) is 89.8 Å². The van der Waals surface area contributed by atoms with Gasteiger partial charge >= 0.3 is 6.18 Å². The molecule has 1 atom stereocenters. The molecule has 14 heteroatoms. The molecule has 0 unspecified atom stereocenters. The summed E-state index contributed by atoms with van der Waals surface area (Å²) in [6.07, 6.45) is -0.644. The van der Waals surface area contributed by atoms with Gasteiger partial charge in [0.05, 0.1) is 12.1 Å². The number of anilines is 1. The van der Waals surface area contributed by atoms with Crippen LogP contribution in [0.5, 0.6) is 0 Å². The molecule has 1 aromatic heterocycles. The molecular formula is C20H25Cl2F5N6O. The Labute approximate surface area is 206 Å². The monoisotopic (exact) mass is 530 g/mol. The van der Waals surface area contributed by atoms with Crippen LogP contribution in [0.1, 0.15) is 12.0 Å². The van der Waals surface area contributed by atoms with Crippen LogP contribution in [0.25, 0.3) is 0 Å². The van der Waals surface area contributed by atoms with E-state index in [4.69, 9.17) is 0 Å². The SMILES string of the molecule is CN1C(C(=O)N2CCC(F)(F)C2)=NC=C[C@H]1N1CCN(c2ncccc2C(F)(F)F)CC1.Cl.Cl. The number of likely N-dealkylation sites (tertiary alicyclic amines) is 1. The second-order valence-corrected chi connectivity index (χ2v) is 8.05. The summed E-state index contributed by atoms with van der Waals surface area (Å²) in [4.78, 5) is 27.1. The number of nitrogens with zero attached hydrogens (tertiary/aromatic N) is 6. The molecule has 7 nitrogen and oxygen atoms in total. The maximum Gasteiger partial charge on any atom is 0.419 e. The largest absolute Gasteiger partial charge is 0.419 e. The third-order valence-electron chi connectivity index (χ3n) is 5.91. The minimum absolute atomic E-state index is 0. The lowest BCUT2D eigenvalue weighted by molar-refractivity contribution is -0.137. The summed E-state index contributed by atoms with van der Waals surface area (Å²) in [6, 6.07) is 2.28. The van der Waals surface area contributed by atoms with Gasteiger partial charge in [-0.1, -0.05) is 0 Å². The van der Waals surface area contributed by atoms with E-state index in [2.05, 4.69) is 9.98 Å². The fourth-order valence-electron chi connectivity index (χ4n) is 4.23. The summed E-state index contributed by atoms with van der Waals surface area (Å²) >= 11 is 0. The average Bonchev–Trinajstić information content (AvgIpc) is 3.13. The molecule has 0 aliphatic carbocycles. The molecule has 0 aromatic carbocycles. The number of aromatic nitrogens is 1. The van der Waals surface area contributed by atoms with E-state index in [1.807, 2.05) is 4.90 Å². The van der Waals surface area contributed by atoms with Gasteiger partial charge in [-0.3, -0.25) is 9.69 Å². The highest BCUT2D eigenvalue weighted by atomic mass is 35.5. The zero-order valence-electron chi connectivity index (χ0n) is 18.2. The van der Waals surface area contributed by atoms with Crippen molar-refractivity contribution in [2.75, 3.05) is 51.2 Å². The lowest BCUT2D eigenvalue weighted by atomic mass is 10.2. The predicted octanol–water partition coefficient (Wildman–Crippen LogP) is 3.12. The van der Waals surface area contributed by atoms with E-state index in [9.17, 15) is 26.7 Å². The Morgan fingerprint density at radius 2 is 1.79 bits per heavy atom. The Bertz CT molecular complexity index is 936. The zero-order chi connectivity index (χ0) is 23.1. The smallest absolute Gasteiger partial charge is 0.354 e. The van der Waals surface area contributed by atoms with E-state index >= 15 is 0 Å². The van der Waals surface area contributed by atoms with E-state index in [0.29, 0.717) is 26.2 Å². The molecule has 0 bridgehead atoms. The fourth-order valence-corrected chi connectivity index (χ4v) is 4.23. The van der Waals surface area contributed by atoms with Crippen LogP contribution in [0.15, 0.2) is 35.6 Å². The maximum atomic E-state index is 13.5. The Morgan fingerprint density at radius 3 is 2.38 bits per heavy atom. The van der Waals surface area contributed by atoms with Gasteiger partial charge in [0, 0.05) is 58.6 Å². The van der Waals surface area contributed by atoms with Crippen molar-refractivity contribution >= 4 is 42.4 Å². The van der Waals surface area contributed by atoms with Crippen LogP contribution in [0.2, 0.25) is 0 Å². The standard InChI is InChI=1S/C20H23F5N6O.2ClH/c1-28-15(4-7-27-17(28)18(32)31-8-5-19(21,22)13-31)29-9-11-30(12-10-29)16-14(20(23,24)25)3-2-6-26-16;;/h2-4,6-7,15H,5,8-13H2,1H3;2*1H/t15-;;/m1../s1. The van der Waals surface area contributed by atoms with Gasteiger partial charge in [-0.2, -0.15) is 13.2 Å². The maximum absolute atomic E-state index is 13.5. The molecule has 4 heterocycles. The first-order valence-electron chi connectivity index (χ1n) is 10.2. The number of alkyl halides is 5. The number of amidine groups is 1. The van der Waals surface area contributed by atoms with Crippen LogP contribution in [0.3, 0.4) is 0 Å². The molecule has 0 radical (unpaired) electrons. The molecule has 0 saturated carbocycles. The molecule has 1 aromatic rings. The molecule has 34 heavy (non-hydrogen) atoms. The molecule has 1 amide bonds. The van der Waals surface area contributed by atoms with Crippen molar-refractivity contribution in [1.29, 1.82) is 0 Å². The number of carbonyl (C=O) groups is 1. The molecule has 3 aliphatic heterocycles. The number of pyridine rings is 1. The number of piperazine rings is 1. The van der Waals surface area contributed by atoms with Gasteiger partial charge in [-0.15, -0.1) is 24.8 Å². The van der Waals surface area contributed by atoms with Crippen LogP contribution < -0.4 is 4.90 Å². The number of aliphatic imine (C=N–C) groups is 1. The molecule has 2 fully saturated rings. The molecule has 3 aliphatic rings. The zero-order valence-corrected chi connectivity index (χ0v) is 19.8. The summed E-state index contributed by atoms with van der Waals surface area (Å²) in [5.74, 6) is -3.47. The first-order chi connectivity index (χ1) is 15.1. The molecule has 4 rings (SSSR count). The van der Waals surface area contributed by atoms with E-state index in [1.165, 1.54) is 18.5 Å². The van der Waals surface area contributed by atoms with E-state index in [1.54, 1.807) is 22.9 Å². The molecule has 190 valence electrons. The van der Waals surface area contributed by atoms with Crippen molar-refractivity contribution < 1.29 is 26.7 Å². The highest BCUT2D eigenvalue weighted by Crippen LogP contribution is 2.35. The normalized spacial score (nSPS) is 22.7. The highest BCUT2D eigenvalue weighted by Gasteiger charge is 2.43. The summed E-state index contributed by atoms with van der Waals surface area (Å²) in [7, 11) is 1.66. The third-order valence-corrected chi connectivity index (χ3v) is 5.91. The number of hydrogen-bond acceptors (Lipinski definition) is 6. The van der Waals surface area contributed by atoms with Gasteiger partial charge < -0.3 is 14.7 Å². The Hall–Kier alpha value is -2.18. The minimum atomic E-state index is -4.49. The topological polar surface area (TPSA) is 55.3 Å². The van der Waals surface area contributed by atoms with Crippen LogP contribution in [0.4, 0.5) is 27.8 Å². The van der Waals surface area contributed by atoms with Gasteiger partial charge in [0.2, 0.25) is 0 Å². The molecule has 2 saturated heterocycles.